The average Bonchev–Trinajstić information content (AvgIpc) is 2.99. The Labute approximate surface area is 178 Å². The summed E-state index contributed by atoms with van der Waals surface area (Å²) >= 11 is 12.3. The summed E-state index contributed by atoms with van der Waals surface area (Å²) in [4.78, 5) is 37.5. The molecule has 4 rings (SSSR count). The summed E-state index contributed by atoms with van der Waals surface area (Å²) in [5, 5.41) is 9.17. The molecule has 4 aromatic rings. The fourth-order valence-corrected chi connectivity index (χ4v) is 3.77. The van der Waals surface area contributed by atoms with E-state index in [2.05, 4.69) is 0 Å². The Kier molecular flexibility index (Phi) is 4.93. The lowest BCUT2D eigenvalue weighted by molar-refractivity contribution is 0.0696. The molecule has 0 saturated heterocycles. The highest BCUT2D eigenvalue weighted by Crippen LogP contribution is 2.27. The van der Waals surface area contributed by atoms with Crippen molar-refractivity contribution in [2.75, 3.05) is 0 Å². The molecular formula is C21H11Cl2FN2O4. The summed E-state index contributed by atoms with van der Waals surface area (Å²) in [5.41, 5.74) is -0.914. The molecular weight excluding hydrogens is 434 g/mol. The number of hydrogen-bond donors (Lipinski definition) is 1. The van der Waals surface area contributed by atoms with E-state index in [0.717, 1.165) is 15.2 Å². The number of halogens is 3. The number of benzene rings is 3. The van der Waals surface area contributed by atoms with Gasteiger partial charge in [0, 0.05) is 0 Å². The van der Waals surface area contributed by atoms with Gasteiger partial charge in [-0.25, -0.2) is 18.5 Å². The smallest absolute Gasteiger partial charge is 0.340 e. The Hall–Kier alpha value is -3.42. The van der Waals surface area contributed by atoms with Crippen LogP contribution in [0.25, 0.3) is 16.7 Å². The van der Waals surface area contributed by atoms with Gasteiger partial charge in [-0.3, -0.25) is 9.36 Å². The first-order valence-corrected chi connectivity index (χ1v) is 9.31. The second kappa shape index (κ2) is 7.44. The largest absolute Gasteiger partial charge is 0.478 e. The highest BCUT2D eigenvalue weighted by molar-refractivity contribution is 6.39. The van der Waals surface area contributed by atoms with Gasteiger partial charge in [-0.1, -0.05) is 41.4 Å². The van der Waals surface area contributed by atoms with Crippen molar-refractivity contribution in [2.24, 2.45) is 0 Å². The van der Waals surface area contributed by atoms with Gasteiger partial charge in [0.15, 0.2) is 0 Å². The van der Waals surface area contributed by atoms with Gasteiger partial charge in [0.2, 0.25) is 0 Å². The lowest BCUT2D eigenvalue weighted by atomic mass is 10.2. The van der Waals surface area contributed by atoms with Gasteiger partial charge < -0.3 is 5.11 Å². The molecule has 0 bridgehead atoms. The summed E-state index contributed by atoms with van der Waals surface area (Å²) in [6.07, 6.45) is 0. The molecule has 6 nitrogen and oxygen atoms in total. The maximum atomic E-state index is 14.7. The number of carbonyl (C=O) groups is 2. The second-order valence-corrected chi connectivity index (χ2v) is 7.13. The summed E-state index contributed by atoms with van der Waals surface area (Å²) in [6.45, 7) is 0. The predicted molar refractivity (Wildman–Crippen MR) is 111 cm³/mol. The third-order valence-corrected chi connectivity index (χ3v) is 5.19. The van der Waals surface area contributed by atoms with E-state index < -0.39 is 23.4 Å². The lowest BCUT2D eigenvalue weighted by Gasteiger charge is -2.07. The third-order valence-electron chi connectivity index (χ3n) is 4.56. The van der Waals surface area contributed by atoms with Gasteiger partial charge in [0.05, 0.1) is 37.9 Å². The van der Waals surface area contributed by atoms with Crippen molar-refractivity contribution in [3.63, 3.8) is 0 Å². The standard InChI is InChI=1S/C21H11Cl2FN2O4/c22-12-4-3-5-13(23)18(12)19(27)26-17-7-2-1-6-16(17)25(21(26)30)15-9-8-11(20(28)29)10-14(15)24/h1-10H,(H,28,29). The number of para-hydroxylation sites is 2. The zero-order valence-corrected chi connectivity index (χ0v) is 16.5. The van der Waals surface area contributed by atoms with Crippen LogP contribution in [0.1, 0.15) is 20.7 Å². The molecule has 0 spiro atoms. The molecule has 30 heavy (non-hydrogen) atoms. The van der Waals surface area contributed by atoms with Crippen LogP contribution < -0.4 is 5.69 Å². The Morgan fingerprint density at radius 2 is 1.53 bits per heavy atom. The summed E-state index contributed by atoms with van der Waals surface area (Å²) < 4.78 is 16.6. The molecule has 0 amide bonds. The number of rotatable bonds is 3. The number of carboxylic acids is 1. The summed E-state index contributed by atoms with van der Waals surface area (Å²) in [7, 11) is 0. The number of imidazole rings is 1. The topological polar surface area (TPSA) is 81.3 Å². The third kappa shape index (κ3) is 3.08. The van der Waals surface area contributed by atoms with Crippen LogP contribution in [0.3, 0.4) is 0 Å². The molecule has 150 valence electrons. The van der Waals surface area contributed by atoms with Crippen molar-refractivity contribution < 1.29 is 19.1 Å². The van der Waals surface area contributed by atoms with Crippen LogP contribution in [0, 0.1) is 5.82 Å². The van der Waals surface area contributed by atoms with Crippen molar-refractivity contribution in [1.82, 2.24) is 9.13 Å². The van der Waals surface area contributed by atoms with Gasteiger partial charge in [0.1, 0.15) is 5.82 Å². The van der Waals surface area contributed by atoms with Crippen LogP contribution in [-0.2, 0) is 0 Å². The van der Waals surface area contributed by atoms with E-state index >= 15 is 0 Å². The van der Waals surface area contributed by atoms with Crippen LogP contribution in [0.15, 0.2) is 65.5 Å². The van der Waals surface area contributed by atoms with Crippen molar-refractivity contribution in [2.45, 2.75) is 0 Å². The highest BCUT2D eigenvalue weighted by Gasteiger charge is 2.25. The maximum Gasteiger partial charge on any atom is 0.340 e. The molecule has 0 atom stereocenters. The van der Waals surface area contributed by atoms with E-state index in [9.17, 15) is 18.8 Å². The quantitative estimate of drug-likeness (QED) is 0.499. The van der Waals surface area contributed by atoms with Crippen molar-refractivity contribution in [3.8, 4) is 5.69 Å². The molecule has 1 aromatic heterocycles. The molecule has 9 heteroatoms. The fourth-order valence-electron chi connectivity index (χ4n) is 3.21. The summed E-state index contributed by atoms with van der Waals surface area (Å²) in [5.74, 6) is -3.00. The molecule has 0 radical (unpaired) electrons. The van der Waals surface area contributed by atoms with E-state index in [1.807, 2.05) is 0 Å². The molecule has 0 fully saturated rings. The van der Waals surface area contributed by atoms with Crippen molar-refractivity contribution in [3.05, 3.63) is 98.1 Å². The summed E-state index contributed by atoms with van der Waals surface area (Å²) in [6, 6.07) is 14.0. The Morgan fingerprint density at radius 1 is 0.900 bits per heavy atom. The van der Waals surface area contributed by atoms with E-state index in [1.165, 1.54) is 30.3 Å². The number of carboxylic acid groups (broad SMARTS) is 1. The first-order chi connectivity index (χ1) is 14.3. The molecule has 0 aliphatic rings. The van der Waals surface area contributed by atoms with Gasteiger partial charge in [0.25, 0.3) is 5.91 Å². The fraction of sp³-hybridized carbons (Fsp3) is 0. The molecule has 0 saturated carbocycles. The van der Waals surface area contributed by atoms with Gasteiger partial charge >= 0.3 is 11.7 Å². The average molecular weight is 445 g/mol. The molecule has 1 N–H and O–H groups in total. The van der Waals surface area contributed by atoms with E-state index in [0.29, 0.717) is 0 Å². The van der Waals surface area contributed by atoms with Crippen LogP contribution in [0.5, 0.6) is 0 Å². The first kappa shape index (κ1) is 19.9. The number of carbonyl (C=O) groups excluding carboxylic acids is 1. The van der Waals surface area contributed by atoms with Crippen LogP contribution in [-0.4, -0.2) is 26.1 Å². The van der Waals surface area contributed by atoms with Gasteiger partial charge in [-0.05, 0) is 42.5 Å². The van der Waals surface area contributed by atoms with Crippen molar-refractivity contribution >= 4 is 46.1 Å². The zero-order chi connectivity index (χ0) is 21.6. The number of aromatic carboxylic acids is 1. The number of fused-ring (bicyclic) bond motifs is 1. The molecule has 0 aliphatic heterocycles. The normalized spacial score (nSPS) is 11.0. The predicted octanol–water partition coefficient (Wildman–Crippen LogP) is 4.62. The van der Waals surface area contributed by atoms with Gasteiger partial charge in [-0.15, -0.1) is 0 Å². The molecule has 3 aromatic carbocycles. The minimum atomic E-state index is -1.31. The Morgan fingerprint density at radius 3 is 2.13 bits per heavy atom. The molecule has 0 unspecified atom stereocenters. The van der Waals surface area contributed by atoms with E-state index in [-0.39, 0.29) is 37.9 Å². The molecule has 1 heterocycles. The zero-order valence-electron chi connectivity index (χ0n) is 15.0. The Bertz CT molecular complexity index is 1390. The lowest BCUT2D eigenvalue weighted by Crippen LogP contribution is -2.29. The number of nitrogens with zero attached hydrogens (tertiary/aromatic N) is 2. The second-order valence-electron chi connectivity index (χ2n) is 6.32. The minimum absolute atomic E-state index is 0.0625. The minimum Gasteiger partial charge on any atom is -0.478 e. The van der Waals surface area contributed by atoms with Crippen molar-refractivity contribution in [1.29, 1.82) is 0 Å². The van der Waals surface area contributed by atoms with Crippen LogP contribution in [0.4, 0.5) is 4.39 Å². The number of aromatic nitrogens is 2. The molecule has 0 aliphatic carbocycles. The first-order valence-electron chi connectivity index (χ1n) is 8.55. The van der Waals surface area contributed by atoms with E-state index in [1.54, 1.807) is 24.3 Å². The Balaban J connectivity index is 2.02. The van der Waals surface area contributed by atoms with Crippen LogP contribution >= 0.6 is 23.2 Å². The maximum absolute atomic E-state index is 14.7. The monoisotopic (exact) mass is 444 g/mol. The van der Waals surface area contributed by atoms with E-state index in [4.69, 9.17) is 28.3 Å². The SMILES string of the molecule is O=C(O)c1ccc(-n2c(=O)n(C(=O)c3c(Cl)cccc3Cl)c3ccccc32)c(F)c1. The number of hydrogen-bond acceptors (Lipinski definition) is 3. The van der Waals surface area contributed by atoms with Crippen LogP contribution in [0.2, 0.25) is 10.0 Å². The highest BCUT2D eigenvalue weighted by atomic mass is 35.5. The van der Waals surface area contributed by atoms with Gasteiger partial charge in [-0.2, -0.15) is 0 Å².